The van der Waals surface area contributed by atoms with Gasteiger partial charge in [-0.05, 0) is 36.3 Å². The molecule has 5 rings (SSSR count). The second kappa shape index (κ2) is 12.6. The molecule has 0 saturated carbocycles. The van der Waals surface area contributed by atoms with E-state index in [2.05, 4.69) is 91.5 Å². The van der Waals surface area contributed by atoms with Gasteiger partial charge in [-0.15, -0.1) is 70.2 Å². The van der Waals surface area contributed by atoms with Crippen molar-refractivity contribution in [2.75, 3.05) is 11.9 Å². The molecule has 1 aromatic heterocycles. The van der Waals surface area contributed by atoms with Crippen molar-refractivity contribution >= 4 is 50.9 Å². The molecule has 1 aliphatic heterocycles. The molecule has 2 heterocycles. The number of nitrogens with zero attached hydrogens (tertiary/aromatic N) is 3. The summed E-state index contributed by atoms with van der Waals surface area (Å²) in [6, 6.07) is 32.8. The van der Waals surface area contributed by atoms with Crippen molar-refractivity contribution in [2.24, 2.45) is 0 Å². The zero-order valence-corrected chi connectivity index (χ0v) is 24.5. The number of anilines is 1. The Balaban J connectivity index is 0.000000186. The van der Waals surface area contributed by atoms with Gasteiger partial charge in [-0.3, -0.25) is 0 Å². The van der Waals surface area contributed by atoms with Gasteiger partial charge in [0.15, 0.2) is 0 Å². The maximum Gasteiger partial charge on any atom is 3.00 e. The summed E-state index contributed by atoms with van der Waals surface area (Å²) in [5.41, 5.74) is 5.38. The van der Waals surface area contributed by atoms with E-state index >= 15 is 0 Å². The van der Waals surface area contributed by atoms with Crippen LogP contribution in [0, 0.1) is 25.9 Å². The van der Waals surface area contributed by atoms with Crippen LogP contribution >= 0.6 is 45.2 Å². The molecule has 4 aromatic rings. The third-order valence-electron chi connectivity index (χ3n) is 4.74. The number of hydrogen-bond acceptors (Lipinski definition) is 3. The molecule has 3 nitrogen and oxygen atoms in total. The van der Waals surface area contributed by atoms with Gasteiger partial charge < -0.3 is 14.8 Å². The fourth-order valence-corrected chi connectivity index (χ4v) is 3.85. The minimum atomic E-state index is 0. The zero-order chi connectivity index (χ0) is 22.3. The molecular formula is C27H20I2IrN3. The predicted molar refractivity (Wildman–Crippen MR) is 148 cm³/mol. The van der Waals surface area contributed by atoms with E-state index in [0.717, 1.165) is 22.5 Å². The standard InChI is InChI=1S/C17H12N.C10H8I2N2.Ir/c1-3-7-14(8-4-1)16-11-12-17(18-13-16)15-9-5-2-6-10-15;1-13-4-5-14(7-13)8-2-3-9(11)10(12)6-8;/h1-9,11-13H;3-7H,1H3;/q-1;-2;+3. The Hall–Kier alpha value is -1.74. The van der Waals surface area contributed by atoms with E-state index in [0.29, 0.717) is 0 Å². The first-order valence-corrected chi connectivity index (χ1v) is 12.1. The number of pyridine rings is 1. The fraction of sp³-hybridized carbons (Fsp3) is 0.0370. The van der Waals surface area contributed by atoms with Crippen LogP contribution in [0.5, 0.6) is 0 Å². The van der Waals surface area contributed by atoms with Gasteiger partial charge in [0.2, 0.25) is 0 Å². The van der Waals surface area contributed by atoms with E-state index < -0.39 is 0 Å². The van der Waals surface area contributed by atoms with E-state index in [1.807, 2.05) is 91.8 Å². The minimum absolute atomic E-state index is 0. The van der Waals surface area contributed by atoms with Crippen LogP contribution in [0.2, 0.25) is 0 Å². The van der Waals surface area contributed by atoms with Gasteiger partial charge in [-0.2, -0.15) is 18.8 Å². The molecule has 0 unspecified atom stereocenters. The van der Waals surface area contributed by atoms with Crippen LogP contribution in [0.3, 0.4) is 0 Å². The smallest absolute Gasteiger partial charge is 0.510 e. The molecule has 0 atom stereocenters. The second-order valence-electron chi connectivity index (χ2n) is 7.07. The molecular weight excluding hydrogens is 812 g/mol. The quantitative estimate of drug-likeness (QED) is 0.160. The topological polar surface area (TPSA) is 19.4 Å². The summed E-state index contributed by atoms with van der Waals surface area (Å²) in [7, 11) is 2.01. The van der Waals surface area contributed by atoms with Crippen molar-refractivity contribution < 1.29 is 20.1 Å². The van der Waals surface area contributed by atoms with Gasteiger partial charge in [0, 0.05) is 6.20 Å². The largest absolute Gasteiger partial charge is 3.00 e. The number of rotatable bonds is 3. The molecule has 166 valence electrons. The normalized spacial score (nSPS) is 12.1. The van der Waals surface area contributed by atoms with Crippen LogP contribution < -0.4 is 4.90 Å². The van der Waals surface area contributed by atoms with Crippen LogP contribution in [-0.4, -0.2) is 16.9 Å². The first-order chi connectivity index (χ1) is 15.6. The van der Waals surface area contributed by atoms with Crippen molar-refractivity contribution in [1.29, 1.82) is 0 Å². The summed E-state index contributed by atoms with van der Waals surface area (Å²) >= 11 is 4.65. The first kappa shape index (κ1) is 25.9. The van der Waals surface area contributed by atoms with Crippen LogP contribution in [-0.2, 0) is 20.1 Å². The fourth-order valence-electron chi connectivity index (χ4n) is 3.09. The Labute approximate surface area is 236 Å². The summed E-state index contributed by atoms with van der Waals surface area (Å²) in [5.74, 6) is 0. The molecule has 0 bridgehead atoms. The van der Waals surface area contributed by atoms with Gasteiger partial charge in [0.1, 0.15) is 0 Å². The average Bonchev–Trinajstić information content (AvgIpc) is 3.29. The van der Waals surface area contributed by atoms with Crippen molar-refractivity contribution in [1.82, 2.24) is 9.88 Å². The average molecular weight is 833 g/mol. The van der Waals surface area contributed by atoms with Crippen molar-refractivity contribution in [3.05, 3.63) is 123 Å². The van der Waals surface area contributed by atoms with Crippen LogP contribution in [0.1, 0.15) is 0 Å². The molecule has 0 N–H and O–H groups in total. The first-order valence-electron chi connectivity index (χ1n) is 9.99. The molecule has 0 aliphatic carbocycles. The summed E-state index contributed by atoms with van der Waals surface area (Å²) < 4.78 is 2.50. The second-order valence-corrected chi connectivity index (χ2v) is 9.40. The van der Waals surface area contributed by atoms with Crippen LogP contribution in [0.25, 0.3) is 22.4 Å². The van der Waals surface area contributed by atoms with Gasteiger partial charge >= 0.3 is 20.1 Å². The van der Waals surface area contributed by atoms with E-state index in [1.54, 1.807) is 0 Å². The van der Waals surface area contributed by atoms with Crippen LogP contribution in [0.15, 0.2) is 97.5 Å². The Bertz CT molecular complexity index is 1120. The molecule has 0 spiro atoms. The maximum atomic E-state index is 4.49. The molecule has 1 aliphatic rings. The maximum absolute atomic E-state index is 4.49. The number of halogens is 2. The van der Waals surface area contributed by atoms with Crippen LogP contribution in [0.4, 0.5) is 5.69 Å². The zero-order valence-electron chi connectivity index (χ0n) is 17.7. The minimum Gasteiger partial charge on any atom is -0.510 e. The van der Waals surface area contributed by atoms with Gasteiger partial charge in [0.25, 0.3) is 0 Å². The molecule has 0 radical (unpaired) electrons. The monoisotopic (exact) mass is 833 g/mol. The van der Waals surface area contributed by atoms with Gasteiger partial charge in [0.05, 0.1) is 0 Å². The Morgan fingerprint density at radius 1 is 0.848 bits per heavy atom. The Kier molecular flexibility index (Phi) is 9.92. The molecule has 3 aromatic carbocycles. The molecule has 0 fully saturated rings. The summed E-state index contributed by atoms with van der Waals surface area (Å²) in [6.07, 6.45) is 5.94. The third-order valence-corrected chi connectivity index (χ3v) is 7.56. The SMILES string of the molecule is CN1C=CN(c2[c-]cc(I)c(I)c2)[CH-]1.[Ir+3].[c-]1ccccc1-c1ccc(-c2ccccc2)cn1. The molecule has 0 saturated heterocycles. The van der Waals surface area contributed by atoms with E-state index in [-0.39, 0.29) is 20.1 Å². The third kappa shape index (κ3) is 7.12. The number of aromatic nitrogens is 1. The van der Waals surface area contributed by atoms with E-state index in [1.165, 1.54) is 12.7 Å². The molecule has 33 heavy (non-hydrogen) atoms. The van der Waals surface area contributed by atoms with Crippen molar-refractivity contribution in [3.8, 4) is 22.4 Å². The summed E-state index contributed by atoms with van der Waals surface area (Å²) in [4.78, 5) is 8.56. The number of hydrogen-bond donors (Lipinski definition) is 0. The van der Waals surface area contributed by atoms with Gasteiger partial charge in [-0.1, -0.05) is 72.2 Å². The Morgan fingerprint density at radius 2 is 1.64 bits per heavy atom. The summed E-state index contributed by atoms with van der Waals surface area (Å²) in [5, 5.41) is 0. The van der Waals surface area contributed by atoms with Gasteiger partial charge in [-0.25, -0.2) is 0 Å². The Morgan fingerprint density at radius 3 is 2.24 bits per heavy atom. The van der Waals surface area contributed by atoms with E-state index in [9.17, 15) is 0 Å². The van der Waals surface area contributed by atoms with Crippen molar-refractivity contribution in [2.45, 2.75) is 0 Å². The van der Waals surface area contributed by atoms with Crippen molar-refractivity contribution in [3.63, 3.8) is 0 Å². The predicted octanol–water partition coefficient (Wildman–Crippen LogP) is 7.25. The van der Waals surface area contributed by atoms with E-state index in [4.69, 9.17) is 0 Å². The molecule has 6 heteroatoms. The number of benzene rings is 3. The molecule has 0 amide bonds. The summed E-state index contributed by atoms with van der Waals surface area (Å²) in [6.45, 7) is 2.02.